The van der Waals surface area contributed by atoms with E-state index in [0.29, 0.717) is 17.7 Å². The van der Waals surface area contributed by atoms with Crippen LogP contribution < -0.4 is 0 Å². The molecule has 3 aliphatic rings. The van der Waals surface area contributed by atoms with Crippen molar-refractivity contribution in [3.8, 4) is 0 Å². The number of nitrogens with zero attached hydrogens (tertiary/aromatic N) is 2. The van der Waals surface area contributed by atoms with E-state index in [1.54, 1.807) is 5.01 Å². The van der Waals surface area contributed by atoms with Crippen molar-refractivity contribution in [3.63, 3.8) is 0 Å². The van der Waals surface area contributed by atoms with Gasteiger partial charge in [0.2, 0.25) is 0 Å². The number of amides is 1. The van der Waals surface area contributed by atoms with Crippen molar-refractivity contribution in [2.75, 3.05) is 5.88 Å². The molecule has 2 aliphatic carbocycles. The Bertz CT molecular complexity index is 586. The van der Waals surface area contributed by atoms with Crippen LogP contribution in [0, 0.1) is 17.8 Å². The van der Waals surface area contributed by atoms with Gasteiger partial charge in [0.1, 0.15) is 0 Å². The van der Waals surface area contributed by atoms with Gasteiger partial charge in [0, 0.05) is 29.5 Å². The molecule has 0 radical (unpaired) electrons. The summed E-state index contributed by atoms with van der Waals surface area (Å²) in [5, 5.41) is 6.48. The maximum atomic E-state index is 12.8. The van der Waals surface area contributed by atoms with Crippen LogP contribution in [0.3, 0.4) is 0 Å². The lowest BCUT2D eigenvalue weighted by Crippen LogP contribution is -2.41. The first-order valence-corrected chi connectivity index (χ1v) is 8.35. The second-order valence-corrected chi connectivity index (χ2v) is 6.77. The molecule has 0 aromatic heterocycles. The van der Waals surface area contributed by atoms with Gasteiger partial charge in [-0.15, -0.1) is 11.6 Å². The Morgan fingerprint density at radius 3 is 2.76 bits per heavy atom. The summed E-state index contributed by atoms with van der Waals surface area (Å²) in [5.74, 6) is 2.45. The van der Waals surface area contributed by atoms with E-state index < -0.39 is 0 Å². The summed E-state index contributed by atoms with van der Waals surface area (Å²) >= 11 is 5.93. The quantitative estimate of drug-likeness (QED) is 0.786. The van der Waals surface area contributed by atoms with Crippen LogP contribution in [-0.4, -0.2) is 28.5 Å². The predicted octanol–water partition coefficient (Wildman–Crippen LogP) is 3.54. The Labute approximate surface area is 130 Å². The number of benzene rings is 1. The van der Waals surface area contributed by atoms with Crippen LogP contribution in [0.5, 0.6) is 0 Å². The smallest absolute Gasteiger partial charge is 0.267 e. The van der Waals surface area contributed by atoms with Gasteiger partial charge in [0.05, 0.1) is 6.04 Å². The Morgan fingerprint density at radius 2 is 2.00 bits per heavy atom. The highest BCUT2D eigenvalue weighted by molar-refractivity contribution is 6.19. The van der Waals surface area contributed by atoms with E-state index in [1.807, 2.05) is 30.3 Å². The number of halogens is 1. The zero-order chi connectivity index (χ0) is 14.4. The fraction of sp³-hybridized carbons (Fsp3) is 0.529. The minimum absolute atomic E-state index is 0.0442. The number of carbonyl (C=O) groups is 1. The third-order valence-electron chi connectivity index (χ3n) is 5.36. The Hall–Kier alpha value is -1.35. The minimum atomic E-state index is 0.0442. The largest absolute Gasteiger partial charge is 0.274 e. The number of hydrazone groups is 1. The molecule has 0 N–H and O–H groups in total. The second kappa shape index (κ2) is 5.13. The molecule has 1 heterocycles. The van der Waals surface area contributed by atoms with Gasteiger partial charge in [0.25, 0.3) is 5.91 Å². The van der Waals surface area contributed by atoms with Crippen molar-refractivity contribution in [1.29, 1.82) is 0 Å². The average Bonchev–Trinajstić information content (AvgIpc) is 3.20. The van der Waals surface area contributed by atoms with E-state index in [2.05, 4.69) is 0 Å². The molecule has 2 fully saturated rings. The molecule has 4 heteroatoms. The summed E-state index contributed by atoms with van der Waals surface area (Å²) in [5.41, 5.74) is 1.89. The molecule has 3 nitrogen and oxygen atoms in total. The van der Waals surface area contributed by atoms with Gasteiger partial charge in [-0.25, -0.2) is 5.01 Å². The molecule has 2 saturated carbocycles. The van der Waals surface area contributed by atoms with E-state index in [-0.39, 0.29) is 11.9 Å². The summed E-state index contributed by atoms with van der Waals surface area (Å²) in [6, 6.07) is 9.79. The fourth-order valence-corrected chi connectivity index (χ4v) is 4.75. The van der Waals surface area contributed by atoms with E-state index in [9.17, 15) is 4.79 Å². The van der Waals surface area contributed by atoms with Crippen LogP contribution in [0.4, 0.5) is 0 Å². The van der Waals surface area contributed by atoms with Crippen molar-refractivity contribution in [3.05, 3.63) is 35.9 Å². The molecule has 0 spiro atoms. The molecule has 1 aliphatic heterocycles. The zero-order valence-corrected chi connectivity index (χ0v) is 12.7. The molecular weight excluding hydrogens is 284 g/mol. The number of carbonyl (C=O) groups excluding carboxylic acids is 1. The van der Waals surface area contributed by atoms with E-state index in [1.165, 1.54) is 19.3 Å². The van der Waals surface area contributed by atoms with Crippen molar-refractivity contribution >= 4 is 23.2 Å². The molecule has 4 rings (SSSR count). The summed E-state index contributed by atoms with van der Waals surface area (Å²) in [4.78, 5) is 12.8. The van der Waals surface area contributed by atoms with E-state index in [0.717, 1.165) is 23.6 Å². The van der Waals surface area contributed by atoms with Gasteiger partial charge in [0.15, 0.2) is 0 Å². The molecule has 21 heavy (non-hydrogen) atoms. The van der Waals surface area contributed by atoms with Crippen LogP contribution in [0.2, 0.25) is 0 Å². The van der Waals surface area contributed by atoms with Gasteiger partial charge in [-0.3, -0.25) is 4.79 Å². The number of rotatable bonds is 3. The SMILES string of the molecule is O=C(c1ccccc1)N1N=C(CCCl)[C@H]2[C@H]3CC[C@@H](C3)[C@H]21. The number of hydrogen-bond donors (Lipinski definition) is 0. The highest BCUT2D eigenvalue weighted by Crippen LogP contribution is 2.54. The highest BCUT2D eigenvalue weighted by atomic mass is 35.5. The van der Waals surface area contributed by atoms with Crippen molar-refractivity contribution in [1.82, 2.24) is 5.01 Å². The molecule has 110 valence electrons. The molecule has 1 aromatic rings. The average molecular weight is 303 g/mol. The molecule has 0 unspecified atom stereocenters. The monoisotopic (exact) mass is 302 g/mol. The Balaban J connectivity index is 1.67. The van der Waals surface area contributed by atoms with Crippen LogP contribution in [0.15, 0.2) is 35.4 Å². The summed E-state index contributed by atoms with van der Waals surface area (Å²) in [7, 11) is 0. The normalized spacial score (nSPS) is 33.2. The summed E-state index contributed by atoms with van der Waals surface area (Å²) in [6.07, 6.45) is 4.61. The standard InChI is InChI=1S/C17H19ClN2O/c18-9-8-14-15-12-6-7-13(10-12)16(15)20(19-14)17(21)11-4-2-1-3-5-11/h1-5,12-13,15-16H,6-10H2/t12-,13-,15+,16+/m0/s1. The lowest BCUT2D eigenvalue weighted by atomic mass is 9.81. The molecule has 1 aromatic carbocycles. The maximum Gasteiger partial charge on any atom is 0.274 e. The van der Waals surface area contributed by atoms with Crippen LogP contribution in [0.25, 0.3) is 0 Å². The number of fused-ring (bicyclic) bond motifs is 5. The topological polar surface area (TPSA) is 32.7 Å². The second-order valence-electron chi connectivity index (χ2n) is 6.40. The van der Waals surface area contributed by atoms with Gasteiger partial charge < -0.3 is 0 Å². The van der Waals surface area contributed by atoms with Crippen molar-refractivity contribution in [2.24, 2.45) is 22.9 Å². The highest BCUT2D eigenvalue weighted by Gasteiger charge is 2.56. The lowest BCUT2D eigenvalue weighted by Gasteiger charge is -2.30. The van der Waals surface area contributed by atoms with E-state index in [4.69, 9.17) is 16.7 Å². The van der Waals surface area contributed by atoms with Crippen LogP contribution in [-0.2, 0) is 0 Å². The molecular formula is C17H19ClN2O. The minimum Gasteiger partial charge on any atom is -0.267 e. The zero-order valence-electron chi connectivity index (χ0n) is 11.9. The lowest BCUT2D eigenvalue weighted by molar-refractivity contribution is 0.0629. The van der Waals surface area contributed by atoms with Gasteiger partial charge in [-0.1, -0.05) is 18.2 Å². The number of alkyl halides is 1. The Morgan fingerprint density at radius 1 is 1.24 bits per heavy atom. The first-order chi connectivity index (χ1) is 10.3. The maximum absolute atomic E-state index is 12.8. The Kier molecular flexibility index (Phi) is 3.26. The molecule has 2 bridgehead atoms. The van der Waals surface area contributed by atoms with Gasteiger partial charge in [-0.2, -0.15) is 5.10 Å². The van der Waals surface area contributed by atoms with E-state index >= 15 is 0 Å². The molecule has 4 atom stereocenters. The van der Waals surface area contributed by atoms with Crippen LogP contribution in [0.1, 0.15) is 36.0 Å². The van der Waals surface area contributed by atoms with Crippen LogP contribution >= 0.6 is 11.6 Å². The fourth-order valence-electron chi connectivity index (χ4n) is 4.56. The van der Waals surface area contributed by atoms with Gasteiger partial charge >= 0.3 is 0 Å². The van der Waals surface area contributed by atoms with Crippen molar-refractivity contribution in [2.45, 2.75) is 31.7 Å². The first kappa shape index (κ1) is 13.3. The third-order valence-corrected chi connectivity index (χ3v) is 5.54. The number of hydrogen-bond acceptors (Lipinski definition) is 2. The molecule has 0 saturated heterocycles. The first-order valence-electron chi connectivity index (χ1n) is 7.81. The predicted molar refractivity (Wildman–Crippen MR) is 83.5 cm³/mol. The van der Waals surface area contributed by atoms with Gasteiger partial charge in [-0.05, 0) is 43.2 Å². The molecule has 1 amide bonds. The van der Waals surface area contributed by atoms with Crippen molar-refractivity contribution < 1.29 is 4.79 Å². The third kappa shape index (κ3) is 2.02. The summed E-state index contributed by atoms with van der Waals surface area (Å²) in [6.45, 7) is 0. The summed E-state index contributed by atoms with van der Waals surface area (Å²) < 4.78 is 0.